The van der Waals surface area contributed by atoms with E-state index in [0.29, 0.717) is 5.82 Å². The van der Waals surface area contributed by atoms with Crippen molar-refractivity contribution in [2.45, 2.75) is 64.3 Å². The van der Waals surface area contributed by atoms with Gasteiger partial charge in [-0.2, -0.15) is 0 Å². The Bertz CT molecular complexity index is 886. The molecular formula is C22H30N4S. The molecule has 144 valence electrons. The second-order valence-electron chi connectivity index (χ2n) is 7.06. The molecule has 5 heteroatoms. The summed E-state index contributed by atoms with van der Waals surface area (Å²) in [5, 5.41) is 0. The fourth-order valence-electron chi connectivity index (χ4n) is 3.46. The first-order valence-corrected chi connectivity index (χ1v) is 10.9. The molecule has 0 atom stereocenters. The van der Waals surface area contributed by atoms with Crippen LogP contribution in [0.1, 0.15) is 49.7 Å². The summed E-state index contributed by atoms with van der Waals surface area (Å²) in [4.78, 5) is 10.7. The van der Waals surface area contributed by atoms with E-state index < -0.39 is 0 Å². The van der Waals surface area contributed by atoms with Crippen LogP contribution in [0.25, 0.3) is 11.0 Å². The minimum Gasteiger partial charge on any atom is -0.382 e. The number of imidazole rings is 1. The summed E-state index contributed by atoms with van der Waals surface area (Å²) in [7, 11) is 0. The molecule has 0 radical (unpaired) electrons. The van der Waals surface area contributed by atoms with Gasteiger partial charge >= 0.3 is 0 Å². The molecule has 1 aromatic carbocycles. The van der Waals surface area contributed by atoms with Crippen molar-refractivity contribution in [3.05, 3.63) is 47.4 Å². The molecule has 3 rings (SSSR count). The fraction of sp³-hybridized carbons (Fsp3) is 0.455. The van der Waals surface area contributed by atoms with Gasteiger partial charge in [-0.15, -0.1) is 11.8 Å². The molecule has 2 aromatic heterocycles. The number of rotatable bonds is 9. The largest absolute Gasteiger partial charge is 0.382 e. The molecule has 4 nitrogen and oxygen atoms in total. The van der Waals surface area contributed by atoms with Crippen molar-refractivity contribution in [1.29, 1.82) is 0 Å². The Hall–Kier alpha value is -2.01. The van der Waals surface area contributed by atoms with Crippen molar-refractivity contribution in [2.75, 3.05) is 11.5 Å². The summed E-state index contributed by atoms with van der Waals surface area (Å²) in [6.07, 6.45) is 5.69. The number of anilines is 1. The highest BCUT2D eigenvalue weighted by Gasteiger charge is 2.16. The highest BCUT2D eigenvalue weighted by atomic mass is 32.2. The number of nitrogen functional groups attached to an aromatic ring is 1. The normalized spacial score (nSPS) is 11.4. The van der Waals surface area contributed by atoms with Crippen LogP contribution in [0.15, 0.2) is 35.2 Å². The molecule has 0 aliphatic rings. The van der Waals surface area contributed by atoms with Gasteiger partial charge in [0, 0.05) is 23.6 Å². The second-order valence-corrected chi connectivity index (χ2v) is 8.22. The van der Waals surface area contributed by atoms with E-state index in [1.54, 1.807) is 0 Å². The molecule has 2 heterocycles. The molecule has 0 fully saturated rings. The van der Waals surface area contributed by atoms with Crippen molar-refractivity contribution < 1.29 is 0 Å². The predicted octanol–water partition coefficient (Wildman–Crippen LogP) is 5.55. The highest BCUT2D eigenvalue weighted by molar-refractivity contribution is 7.99. The van der Waals surface area contributed by atoms with Gasteiger partial charge in [0.1, 0.15) is 11.3 Å². The molecule has 0 aliphatic heterocycles. The molecule has 2 N–H and O–H groups in total. The maximum Gasteiger partial charge on any atom is 0.151 e. The zero-order chi connectivity index (χ0) is 19.2. The summed E-state index contributed by atoms with van der Waals surface area (Å²) >= 11 is 1.94. The van der Waals surface area contributed by atoms with Crippen LogP contribution in [0.3, 0.4) is 0 Å². The second kappa shape index (κ2) is 9.27. The summed E-state index contributed by atoms with van der Waals surface area (Å²) in [6.45, 7) is 7.37. The van der Waals surface area contributed by atoms with E-state index in [1.165, 1.54) is 34.6 Å². The molecule has 0 unspecified atom stereocenters. The van der Waals surface area contributed by atoms with Crippen molar-refractivity contribution in [3.8, 4) is 0 Å². The molecule has 27 heavy (non-hydrogen) atoms. The SMILES string of the molecule is CCCc1nc2c(N)nc(C)c(C)c2n1CCCCCSc1ccccc1. The minimum absolute atomic E-state index is 0.559. The Morgan fingerprint density at radius 2 is 1.81 bits per heavy atom. The summed E-state index contributed by atoms with van der Waals surface area (Å²) in [5.74, 6) is 2.88. The van der Waals surface area contributed by atoms with E-state index in [9.17, 15) is 0 Å². The summed E-state index contributed by atoms with van der Waals surface area (Å²) in [6, 6.07) is 10.6. The van der Waals surface area contributed by atoms with Gasteiger partial charge in [-0.1, -0.05) is 31.5 Å². The molecule has 0 amide bonds. The van der Waals surface area contributed by atoms with Gasteiger partial charge in [-0.3, -0.25) is 0 Å². The van der Waals surface area contributed by atoms with E-state index in [4.69, 9.17) is 10.7 Å². The third kappa shape index (κ3) is 4.64. The number of thioether (sulfide) groups is 1. The van der Waals surface area contributed by atoms with E-state index >= 15 is 0 Å². The van der Waals surface area contributed by atoms with E-state index in [1.807, 2.05) is 18.7 Å². The smallest absolute Gasteiger partial charge is 0.151 e. The summed E-state index contributed by atoms with van der Waals surface area (Å²) in [5.41, 5.74) is 10.4. The maximum absolute atomic E-state index is 6.16. The van der Waals surface area contributed by atoms with Crippen molar-refractivity contribution in [1.82, 2.24) is 14.5 Å². The van der Waals surface area contributed by atoms with Crippen LogP contribution in [0.5, 0.6) is 0 Å². The average Bonchev–Trinajstić information content (AvgIpc) is 3.03. The number of aromatic nitrogens is 3. The highest BCUT2D eigenvalue weighted by Crippen LogP contribution is 2.27. The van der Waals surface area contributed by atoms with Gasteiger partial charge in [-0.05, 0) is 56.6 Å². The number of pyridine rings is 1. The Morgan fingerprint density at radius 1 is 1.04 bits per heavy atom. The number of aryl methyl sites for hydroxylation is 4. The quantitative estimate of drug-likeness (QED) is 0.390. The first kappa shape index (κ1) is 19.7. The first-order chi connectivity index (χ1) is 13.1. The first-order valence-electron chi connectivity index (χ1n) is 9.91. The lowest BCUT2D eigenvalue weighted by molar-refractivity contribution is 0.589. The molecule has 0 saturated carbocycles. The van der Waals surface area contributed by atoms with Gasteiger partial charge in [0.2, 0.25) is 0 Å². The van der Waals surface area contributed by atoms with Crippen LogP contribution in [0, 0.1) is 13.8 Å². The molecule has 0 spiro atoms. The Balaban J connectivity index is 1.64. The standard InChI is InChI=1S/C22H30N4S/c1-4-11-19-25-20-21(16(2)17(3)24-22(20)23)26(19)14-9-6-10-15-27-18-12-7-5-8-13-18/h5,7-8,12-13H,4,6,9-11,14-15H2,1-3H3,(H2,23,24). The van der Waals surface area contributed by atoms with Crippen LogP contribution in [-0.2, 0) is 13.0 Å². The van der Waals surface area contributed by atoms with Crippen molar-refractivity contribution in [2.24, 2.45) is 0 Å². The lowest BCUT2D eigenvalue weighted by Crippen LogP contribution is -2.06. The number of unbranched alkanes of at least 4 members (excludes halogenated alkanes) is 2. The van der Waals surface area contributed by atoms with Crippen LogP contribution in [-0.4, -0.2) is 20.3 Å². The maximum atomic E-state index is 6.16. The minimum atomic E-state index is 0.559. The zero-order valence-electron chi connectivity index (χ0n) is 16.7. The number of fused-ring (bicyclic) bond motifs is 1. The van der Waals surface area contributed by atoms with Gasteiger partial charge in [-0.25, -0.2) is 9.97 Å². The lowest BCUT2D eigenvalue weighted by atomic mass is 10.2. The van der Waals surface area contributed by atoms with Crippen molar-refractivity contribution >= 4 is 28.6 Å². The zero-order valence-corrected chi connectivity index (χ0v) is 17.5. The van der Waals surface area contributed by atoms with Gasteiger partial charge in [0.05, 0.1) is 5.52 Å². The van der Waals surface area contributed by atoms with E-state index in [-0.39, 0.29) is 0 Å². The molecule has 0 aliphatic carbocycles. The van der Waals surface area contributed by atoms with Gasteiger partial charge in [0.15, 0.2) is 5.82 Å². The topological polar surface area (TPSA) is 56.7 Å². The molecular weight excluding hydrogens is 352 g/mol. The summed E-state index contributed by atoms with van der Waals surface area (Å²) < 4.78 is 2.39. The van der Waals surface area contributed by atoms with Gasteiger partial charge < -0.3 is 10.3 Å². The third-order valence-electron chi connectivity index (χ3n) is 4.99. The van der Waals surface area contributed by atoms with Crippen LogP contribution in [0.4, 0.5) is 5.82 Å². The lowest BCUT2D eigenvalue weighted by Gasteiger charge is -2.11. The van der Waals surface area contributed by atoms with Crippen LogP contribution in [0.2, 0.25) is 0 Å². The monoisotopic (exact) mass is 382 g/mol. The average molecular weight is 383 g/mol. The van der Waals surface area contributed by atoms with E-state index in [2.05, 4.69) is 53.7 Å². The number of nitrogens with zero attached hydrogens (tertiary/aromatic N) is 3. The van der Waals surface area contributed by atoms with Crippen molar-refractivity contribution in [3.63, 3.8) is 0 Å². The van der Waals surface area contributed by atoms with Gasteiger partial charge in [0.25, 0.3) is 0 Å². The molecule has 0 bridgehead atoms. The van der Waals surface area contributed by atoms with Crippen LogP contribution >= 0.6 is 11.8 Å². The number of benzene rings is 1. The Labute approximate surface area is 166 Å². The molecule has 0 saturated heterocycles. The number of hydrogen-bond donors (Lipinski definition) is 1. The predicted molar refractivity (Wildman–Crippen MR) is 116 cm³/mol. The Morgan fingerprint density at radius 3 is 2.56 bits per heavy atom. The van der Waals surface area contributed by atoms with E-state index in [0.717, 1.165) is 42.8 Å². The van der Waals surface area contributed by atoms with Crippen LogP contribution < -0.4 is 5.73 Å². The third-order valence-corrected chi connectivity index (χ3v) is 6.09. The number of nitrogens with two attached hydrogens (primary N) is 1. The Kier molecular flexibility index (Phi) is 6.78. The molecule has 3 aromatic rings. The number of hydrogen-bond acceptors (Lipinski definition) is 4. The fourth-order valence-corrected chi connectivity index (χ4v) is 4.39.